The van der Waals surface area contributed by atoms with E-state index in [0.29, 0.717) is 49.4 Å². The van der Waals surface area contributed by atoms with Gasteiger partial charge >= 0.3 is 0 Å². The zero-order valence-corrected chi connectivity index (χ0v) is 27.7. The number of benzene rings is 2. The van der Waals surface area contributed by atoms with Crippen molar-refractivity contribution in [1.29, 1.82) is 0 Å². The fraction of sp³-hybridized carbons (Fsp3) is 0.556. The Bertz CT molecular complexity index is 1500. The van der Waals surface area contributed by atoms with Crippen LogP contribution in [-0.4, -0.2) is 58.4 Å². The Kier molecular flexibility index (Phi) is 10.3. The zero-order chi connectivity index (χ0) is 32.1. The first-order valence-electron chi connectivity index (χ1n) is 16.7. The molecule has 0 bridgehead atoms. The van der Waals surface area contributed by atoms with Gasteiger partial charge in [0.25, 0.3) is 5.91 Å². The summed E-state index contributed by atoms with van der Waals surface area (Å²) in [6.45, 7) is 11.6. The molecule has 5 rings (SSSR count). The molecule has 2 fully saturated rings. The van der Waals surface area contributed by atoms with Crippen molar-refractivity contribution in [3.63, 3.8) is 0 Å². The van der Waals surface area contributed by atoms with Crippen LogP contribution in [0.3, 0.4) is 0 Å². The molecule has 2 aromatic carbocycles. The van der Waals surface area contributed by atoms with Gasteiger partial charge in [-0.3, -0.25) is 19.7 Å². The average Bonchev–Trinajstić information content (AvgIpc) is 3.76. The van der Waals surface area contributed by atoms with Crippen molar-refractivity contribution >= 4 is 40.4 Å². The lowest BCUT2D eigenvalue weighted by Crippen LogP contribution is -2.37. The topological polar surface area (TPSA) is 99.6 Å². The summed E-state index contributed by atoms with van der Waals surface area (Å²) < 4.78 is 2.02. The molecule has 45 heavy (non-hydrogen) atoms. The van der Waals surface area contributed by atoms with Gasteiger partial charge in [0.05, 0.1) is 11.0 Å². The fourth-order valence-corrected chi connectivity index (χ4v) is 6.28. The molecule has 1 aromatic heterocycles. The van der Waals surface area contributed by atoms with Gasteiger partial charge in [-0.1, -0.05) is 45.7 Å². The number of nitrogens with one attached hydrogen (secondary N) is 2. The minimum atomic E-state index is -0.229. The van der Waals surface area contributed by atoms with Gasteiger partial charge in [-0.2, -0.15) is 0 Å². The molecule has 2 N–H and O–H groups in total. The van der Waals surface area contributed by atoms with Crippen LogP contribution >= 0.6 is 0 Å². The molecule has 1 atom stereocenters. The summed E-state index contributed by atoms with van der Waals surface area (Å²) in [6, 6.07) is 13.9. The lowest BCUT2D eigenvalue weighted by molar-refractivity contribution is -0.127. The Morgan fingerprint density at radius 1 is 1.04 bits per heavy atom. The Morgan fingerprint density at radius 2 is 1.78 bits per heavy atom. The van der Waals surface area contributed by atoms with Gasteiger partial charge < -0.3 is 19.7 Å². The molecule has 9 heteroatoms. The van der Waals surface area contributed by atoms with Gasteiger partial charge in [0.15, 0.2) is 0 Å². The van der Waals surface area contributed by atoms with Crippen LogP contribution in [0.25, 0.3) is 11.0 Å². The minimum Gasteiger partial charge on any atom is -0.343 e. The Labute approximate surface area is 267 Å². The Balaban J connectivity index is 1.32. The van der Waals surface area contributed by atoms with E-state index in [4.69, 9.17) is 4.98 Å². The summed E-state index contributed by atoms with van der Waals surface area (Å²) in [4.78, 5) is 47.1. The van der Waals surface area contributed by atoms with Crippen LogP contribution < -0.4 is 15.5 Å². The molecule has 1 aliphatic heterocycles. The highest BCUT2D eigenvalue weighted by atomic mass is 16.2. The molecule has 0 radical (unpaired) electrons. The van der Waals surface area contributed by atoms with Gasteiger partial charge in [0.2, 0.25) is 17.8 Å². The highest BCUT2D eigenvalue weighted by Gasteiger charge is 2.24. The summed E-state index contributed by atoms with van der Waals surface area (Å²) in [5.41, 5.74) is 4.23. The molecule has 2 heterocycles. The molecular weight excluding hydrogens is 564 g/mol. The van der Waals surface area contributed by atoms with Crippen molar-refractivity contribution in [3.05, 3.63) is 53.6 Å². The molecule has 0 unspecified atom stereocenters. The number of fused-ring (bicyclic) bond motifs is 1. The lowest BCUT2D eigenvalue weighted by Gasteiger charge is -2.28. The maximum atomic E-state index is 13.4. The smallest absolute Gasteiger partial charge is 0.257 e. The van der Waals surface area contributed by atoms with Gasteiger partial charge in [0.1, 0.15) is 0 Å². The number of nitrogens with zero attached hydrogens (tertiary/aromatic N) is 4. The first kappa shape index (κ1) is 32.7. The Morgan fingerprint density at radius 3 is 2.44 bits per heavy atom. The standard InChI is InChI=1S/C36H50N6O3/c1-25(36(2,3)4)37-24-27-13-15-28(16-14-27)34(45)39-35-38-30-23-29(40(5)33(44)22-26-10-6-7-11-26)17-18-31(30)42(35)21-9-20-41-19-8-12-32(41)43/h13-18,23,25-26,37H,6-12,19-22,24H2,1-5H3,(H,38,39,45)/t25-/m1/s1. The second kappa shape index (κ2) is 14.1. The fourth-order valence-electron chi connectivity index (χ4n) is 6.28. The predicted molar refractivity (Wildman–Crippen MR) is 180 cm³/mol. The van der Waals surface area contributed by atoms with Crippen LogP contribution in [0.5, 0.6) is 0 Å². The summed E-state index contributed by atoms with van der Waals surface area (Å²) in [5.74, 6) is 1.04. The van der Waals surface area contributed by atoms with E-state index in [2.05, 4.69) is 38.3 Å². The normalized spacial score (nSPS) is 16.5. The van der Waals surface area contributed by atoms with Crippen LogP contribution in [0.15, 0.2) is 42.5 Å². The van der Waals surface area contributed by atoms with Gasteiger partial charge in [-0.15, -0.1) is 0 Å². The molecule has 9 nitrogen and oxygen atoms in total. The van der Waals surface area contributed by atoms with Crippen molar-refractivity contribution in [3.8, 4) is 0 Å². The number of amides is 3. The van der Waals surface area contributed by atoms with Gasteiger partial charge in [-0.25, -0.2) is 4.98 Å². The number of likely N-dealkylation sites (tertiary alicyclic amines) is 1. The van der Waals surface area contributed by atoms with E-state index in [9.17, 15) is 14.4 Å². The predicted octanol–water partition coefficient (Wildman–Crippen LogP) is 6.37. The van der Waals surface area contributed by atoms with Crippen molar-refractivity contribution in [2.24, 2.45) is 11.3 Å². The van der Waals surface area contributed by atoms with Crippen LogP contribution in [0, 0.1) is 11.3 Å². The summed E-state index contributed by atoms with van der Waals surface area (Å²) in [6.07, 6.45) is 7.54. The second-order valence-electron chi connectivity index (χ2n) is 14.0. The monoisotopic (exact) mass is 614 g/mol. The quantitative estimate of drug-likeness (QED) is 0.247. The highest BCUT2D eigenvalue weighted by Crippen LogP contribution is 2.30. The summed E-state index contributed by atoms with van der Waals surface area (Å²) >= 11 is 0. The van der Waals surface area contributed by atoms with E-state index < -0.39 is 0 Å². The van der Waals surface area contributed by atoms with Crippen LogP contribution in [0.1, 0.15) is 95.0 Å². The molecule has 2 aliphatic rings. The van der Waals surface area contributed by atoms with E-state index >= 15 is 0 Å². The molecule has 242 valence electrons. The third-order valence-electron chi connectivity index (χ3n) is 9.77. The van der Waals surface area contributed by atoms with Crippen molar-refractivity contribution < 1.29 is 14.4 Å². The first-order valence-corrected chi connectivity index (χ1v) is 16.7. The molecule has 3 amide bonds. The maximum absolute atomic E-state index is 13.4. The van der Waals surface area contributed by atoms with E-state index in [0.717, 1.165) is 61.1 Å². The maximum Gasteiger partial charge on any atom is 0.257 e. The minimum absolute atomic E-state index is 0.121. The number of hydrogen-bond donors (Lipinski definition) is 2. The average molecular weight is 615 g/mol. The van der Waals surface area contributed by atoms with Crippen LogP contribution in [0.2, 0.25) is 0 Å². The van der Waals surface area contributed by atoms with Crippen LogP contribution in [0.4, 0.5) is 11.6 Å². The summed E-state index contributed by atoms with van der Waals surface area (Å²) in [7, 11) is 1.83. The molecule has 0 spiro atoms. The number of anilines is 2. The SMILES string of the molecule is C[C@@H](NCc1ccc(C(=O)Nc2nc3cc(N(C)C(=O)CC4CCCC4)ccc3n2CCCN2CCCC2=O)cc1)C(C)(C)C. The second-order valence-corrected chi connectivity index (χ2v) is 14.0. The van der Waals surface area contributed by atoms with Gasteiger partial charge in [-0.05, 0) is 79.8 Å². The van der Waals surface area contributed by atoms with Crippen molar-refractivity contribution in [2.75, 3.05) is 30.4 Å². The number of hydrogen-bond acceptors (Lipinski definition) is 5. The number of aromatic nitrogens is 2. The number of carbonyl (C=O) groups excluding carboxylic acids is 3. The van der Waals surface area contributed by atoms with Crippen molar-refractivity contribution in [2.45, 2.75) is 98.2 Å². The largest absolute Gasteiger partial charge is 0.343 e. The Hall–Kier alpha value is -3.72. The number of carbonyl (C=O) groups is 3. The molecule has 1 aliphatic carbocycles. The number of imidazole rings is 1. The lowest BCUT2D eigenvalue weighted by atomic mass is 9.88. The third kappa shape index (κ3) is 8.12. The highest BCUT2D eigenvalue weighted by molar-refractivity contribution is 6.04. The number of rotatable bonds is 12. The van der Waals surface area contributed by atoms with E-state index in [1.807, 2.05) is 59.0 Å². The molecule has 3 aromatic rings. The number of aryl methyl sites for hydroxylation is 1. The summed E-state index contributed by atoms with van der Waals surface area (Å²) in [5, 5.41) is 6.62. The molecule has 1 saturated heterocycles. The van der Waals surface area contributed by atoms with Gasteiger partial charge in [0, 0.05) is 63.4 Å². The van der Waals surface area contributed by atoms with E-state index in [-0.39, 0.29) is 23.1 Å². The van der Waals surface area contributed by atoms with E-state index in [1.54, 1.807) is 4.90 Å². The first-order chi connectivity index (χ1) is 21.5. The van der Waals surface area contributed by atoms with E-state index in [1.165, 1.54) is 12.8 Å². The van der Waals surface area contributed by atoms with Crippen molar-refractivity contribution in [1.82, 2.24) is 19.8 Å². The molecule has 1 saturated carbocycles. The van der Waals surface area contributed by atoms with Crippen LogP contribution in [-0.2, 0) is 22.7 Å². The zero-order valence-electron chi connectivity index (χ0n) is 27.7. The molecular formula is C36H50N6O3. The third-order valence-corrected chi connectivity index (χ3v) is 9.77.